The molecular formula is C11H16F3N3O2. The van der Waals surface area contributed by atoms with Crippen LogP contribution in [0, 0.1) is 5.41 Å². The second kappa shape index (κ2) is 5.70. The number of nitrogens with zero attached hydrogens (tertiary/aromatic N) is 3. The molecule has 0 radical (unpaired) electrons. The van der Waals surface area contributed by atoms with Crippen LogP contribution < -0.4 is 4.90 Å². The van der Waals surface area contributed by atoms with Gasteiger partial charge in [-0.05, 0) is 6.07 Å². The predicted octanol–water partition coefficient (Wildman–Crippen LogP) is 0.922. The van der Waals surface area contributed by atoms with Crippen LogP contribution in [0.5, 0.6) is 0 Å². The van der Waals surface area contributed by atoms with E-state index >= 15 is 0 Å². The number of anilines is 1. The molecule has 0 saturated heterocycles. The molecule has 0 fully saturated rings. The lowest BCUT2D eigenvalue weighted by molar-refractivity contribution is -0.141. The number of hydrogen-bond donors (Lipinski definition) is 2. The Morgan fingerprint density at radius 1 is 1.26 bits per heavy atom. The van der Waals surface area contributed by atoms with E-state index in [1.165, 1.54) is 11.9 Å². The molecule has 1 rings (SSSR count). The van der Waals surface area contributed by atoms with Crippen LogP contribution in [0.4, 0.5) is 19.1 Å². The molecule has 19 heavy (non-hydrogen) atoms. The van der Waals surface area contributed by atoms with E-state index in [1.807, 2.05) is 0 Å². The topological polar surface area (TPSA) is 69.5 Å². The summed E-state index contributed by atoms with van der Waals surface area (Å²) in [5.41, 5.74) is -1.87. The Morgan fingerprint density at radius 3 is 2.32 bits per heavy atom. The Bertz CT molecular complexity index is 422. The quantitative estimate of drug-likeness (QED) is 0.839. The van der Waals surface area contributed by atoms with Crippen molar-refractivity contribution in [3.8, 4) is 0 Å². The lowest BCUT2D eigenvalue weighted by Crippen LogP contribution is -2.39. The fourth-order valence-electron chi connectivity index (χ4n) is 1.48. The summed E-state index contributed by atoms with van der Waals surface area (Å²) in [6.45, 7) is 1.14. The lowest BCUT2D eigenvalue weighted by Gasteiger charge is -2.30. The largest absolute Gasteiger partial charge is 0.433 e. The van der Waals surface area contributed by atoms with Crippen molar-refractivity contribution >= 4 is 5.95 Å². The van der Waals surface area contributed by atoms with Crippen LogP contribution in [-0.2, 0) is 6.18 Å². The Labute approximate surface area is 108 Å². The van der Waals surface area contributed by atoms with Gasteiger partial charge in [-0.15, -0.1) is 0 Å². The van der Waals surface area contributed by atoms with Gasteiger partial charge in [-0.25, -0.2) is 9.97 Å². The normalized spacial score (nSPS) is 12.6. The van der Waals surface area contributed by atoms with E-state index in [1.54, 1.807) is 6.92 Å². The standard InChI is InChI=1S/C11H16F3N3O2/c1-10(6-18,7-19)5-17(2)9-15-4-3-8(16-9)11(12,13)14/h3-4,18-19H,5-7H2,1-2H3. The minimum Gasteiger partial charge on any atom is -0.396 e. The van der Waals surface area contributed by atoms with Gasteiger partial charge in [0.15, 0.2) is 0 Å². The van der Waals surface area contributed by atoms with Crippen molar-refractivity contribution in [2.24, 2.45) is 5.41 Å². The minimum absolute atomic E-state index is 0.108. The summed E-state index contributed by atoms with van der Waals surface area (Å²) in [5, 5.41) is 18.3. The van der Waals surface area contributed by atoms with Gasteiger partial charge in [0, 0.05) is 25.2 Å². The maximum Gasteiger partial charge on any atom is 0.433 e. The first-order valence-electron chi connectivity index (χ1n) is 5.55. The van der Waals surface area contributed by atoms with E-state index in [0.717, 1.165) is 12.3 Å². The van der Waals surface area contributed by atoms with Gasteiger partial charge in [0.1, 0.15) is 5.69 Å². The molecule has 0 amide bonds. The molecule has 0 aromatic carbocycles. The summed E-state index contributed by atoms with van der Waals surface area (Å²) >= 11 is 0. The van der Waals surface area contributed by atoms with Crippen LogP contribution in [-0.4, -0.2) is 47.0 Å². The van der Waals surface area contributed by atoms with E-state index in [2.05, 4.69) is 9.97 Å². The van der Waals surface area contributed by atoms with Crippen LogP contribution in [0.2, 0.25) is 0 Å². The van der Waals surface area contributed by atoms with Crippen LogP contribution in [0.1, 0.15) is 12.6 Å². The Kier molecular flexibility index (Phi) is 4.70. The molecule has 108 valence electrons. The average molecular weight is 279 g/mol. The zero-order chi connectivity index (χ0) is 14.7. The van der Waals surface area contributed by atoms with Gasteiger partial charge in [0.05, 0.1) is 13.2 Å². The third-order valence-electron chi connectivity index (χ3n) is 2.66. The van der Waals surface area contributed by atoms with Crippen molar-refractivity contribution in [2.45, 2.75) is 13.1 Å². The van der Waals surface area contributed by atoms with E-state index in [4.69, 9.17) is 10.2 Å². The highest BCUT2D eigenvalue weighted by atomic mass is 19.4. The van der Waals surface area contributed by atoms with E-state index in [9.17, 15) is 13.2 Å². The highest BCUT2D eigenvalue weighted by molar-refractivity contribution is 5.30. The Morgan fingerprint density at radius 2 is 1.84 bits per heavy atom. The maximum atomic E-state index is 12.5. The molecule has 0 aliphatic carbocycles. The van der Waals surface area contributed by atoms with Gasteiger partial charge >= 0.3 is 6.18 Å². The van der Waals surface area contributed by atoms with Crippen molar-refractivity contribution in [1.82, 2.24) is 9.97 Å². The maximum absolute atomic E-state index is 12.5. The number of aromatic nitrogens is 2. The summed E-state index contributed by atoms with van der Waals surface area (Å²) in [4.78, 5) is 8.54. The van der Waals surface area contributed by atoms with Crippen molar-refractivity contribution in [2.75, 3.05) is 31.7 Å². The molecule has 1 aromatic heterocycles. The predicted molar refractivity (Wildman–Crippen MR) is 62.6 cm³/mol. The highest BCUT2D eigenvalue weighted by Gasteiger charge is 2.33. The highest BCUT2D eigenvalue weighted by Crippen LogP contribution is 2.28. The van der Waals surface area contributed by atoms with Crippen molar-refractivity contribution in [1.29, 1.82) is 0 Å². The Hall–Kier alpha value is -1.41. The number of aliphatic hydroxyl groups is 2. The third kappa shape index (κ3) is 4.03. The summed E-state index contributed by atoms with van der Waals surface area (Å²) < 4.78 is 37.5. The third-order valence-corrected chi connectivity index (χ3v) is 2.66. The van der Waals surface area contributed by atoms with E-state index < -0.39 is 17.3 Å². The van der Waals surface area contributed by atoms with Crippen molar-refractivity contribution in [3.63, 3.8) is 0 Å². The first-order chi connectivity index (χ1) is 8.72. The summed E-state index contributed by atoms with van der Waals surface area (Å²) in [5.74, 6) is -0.108. The molecule has 0 saturated carbocycles. The molecule has 0 aliphatic rings. The average Bonchev–Trinajstić information content (AvgIpc) is 2.37. The van der Waals surface area contributed by atoms with Gasteiger partial charge in [-0.3, -0.25) is 0 Å². The molecule has 2 N–H and O–H groups in total. The SMILES string of the molecule is CN(CC(C)(CO)CO)c1nccc(C(F)(F)F)n1. The molecule has 0 bridgehead atoms. The van der Waals surface area contributed by atoms with Gasteiger partial charge in [0.2, 0.25) is 5.95 Å². The number of aliphatic hydroxyl groups excluding tert-OH is 2. The molecule has 0 unspecified atom stereocenters. The summed E-state index contributed by atoms with van der Waals surface area (Å²) in [7, 11) is 1.50. The van der Waals surface area contributed by atoms with Crippen LogP contribution in [0.25, 0.3) is 0 Å². The molecule has 0 atom stereocenters. The fraction of sp³-hybridized carbons (Fsp3) is 0.636. The molecular weight excluding hydrogens is 263 g/mol. The van der Waals surface area contributed by atoms with Crippen molar-refractivity contribution in [3.05, 3.63) is 18.0 Å². The number of hydrogen-bond acceptors (Lipinski definition) is 5. The van der Waals surface area contributed by atoms with Gasteiger partial charge in [-0.1, -0.05) is 6.92 Å². The lowest BCUT2D eigenvalue weighted by atomic mass is 9.92. The monoisotopic (exact) mass is 279 g/mol. The van der Waals surface area contributed by atoms with Gasteiger partial charge < -0.3 is 15.1 Å². The van der Waals surface area contributed by atoms with Crippen LogP contribution in [0.3, 0.4) is 0 Å². The fourth-order valence-corrected chi connectivity index (χ4v) is 1.48. The Balaban J connectivity index is 2.92. The molecule has 5 nitrogen and oxygen atoms in total. The van der Waals surface area contributed by atoms with Gasteiger partial charge in [0.25, 0.3) is 0 Å². The van der Waals surface area contributed by atoms with E-state index in [0.29, 0.717) is 0 Å². The second-order valence-corrected chi connectivity index (χ2v) is 4.72. The second-order valence-electron chi connectivity index (χ2n) is 4.72. The first kappa shape index (κ1) is 15.6. The number of alkyl halides is 3. The first-order valence-corrected chi connectivity index (χ1v) is 5.55. The number of rotatable bonds is 5. The zero-order valence-electron chi connectivity index (χ0n) is 10.6. The van der Waals surface area contributed by atoms with Crippen LogP contribution in [0.15, 0.2) is 12.3 Å². The van der Waals surface area contributed by atoms with Crippen molar-refractivity contribution < 1.29 is 23.4 Å². The molecule has 1 aromatic rings. The van der Waals surface area contributed by atoms with Crippen LogP contribution >= 0.6 is 0 Å². The number of halogens is 3. The molecule has 0 aliphatic heterocycles. The smallest absolute Gasteiger partial charge is 0.396 e. The summed E-state index contributed by atoms with van der Waals surface area (Å²) in [6, 6.07) is 0.786. The van der Waals surface area contributed by atoms with Gasteiger partial charge in [-0.2, -0.15) is 13.2 Å². The summed E-state index contributed by atoms with van der Waals surface area (Å²) in [6.07, 6.45) is -3.51. The minimum atomic E-state index is -4.53. The molecule has 8 heteroatoms. The molecule has 0 spiro atoms. The molecule has 1 heterocycles. The van der Waals surface area contributed by atoms with E-state index in [-0.39, 0.29) is 25.7 Å². The zero-order valence-corrected chi connectivity index (χ0v) is 10.6.